The van der Waals surface area contributed by atoms with Gasteiger partial charge in [-0.25, -0.2) is 9.69 Å². The minimum absolute atomic E-state index is 0.462. The summed E-state index contributed by atoms with van der Waals surface area (Å²) in [6.07, 6.45) is 3.80. The van der Waals surface area contributed by atoms with Crippen LogP contribution in [-0.4, -0.2) is 51.7 Å². The molecule has 8 heteroatoms. The Morgan fingerprint density at radius 3 is 2.30 bits per heavy atom. The number of amides is 5. The molecule has 2 aliphatic rings. The molecule has 0 unspecified atom stereocenters. The topological polar surface area (TPSA) is 111 Å². The number of nitriles is 1. The van der Waals surface area contributed by atoms with E-state index in [1.807, 2.05) is 0 Å². The van der Waals surface area contributed by atoms with Gasteiger partial charge in [0.15, 0.2) is 0 Å². The fraction of sp³-hybridized carbons (Fsp3) is 0.667. The van der Waals surface area contributed by atoms with E-state index in [-0.39, 0.29) is 0 Å². The van der Waals surface area contributed by atoms with Crippen LogP contribution in [0.25, 0.3) is 0 Å². The maximum absolute atomic E-state index is 12.2. The zero-order chi connectivity index (χ0) is 17.2. The Morgan fingerprint density at radius 2 is 1.83 bits per heavy atom. The van der Waals surface area contributed by atoms with Gasteiger partial charge in [0, 0.05) is 6.04 Å². The average Bonchev–Trinajstić information content (AvgIpc) is 2.72. The molecule has 0 bridgehead atoms. The van der Waals surface area contributed by atoms with Crippen molar-refractivity contribution >= 4 is 23.8 Å². The van der Waals surface area contributed by atoms with Gasteiger partial charge in [-0.2, -0.15) is 5.26 Å². The zero-order valence-electron chi connectivity index (χ0n) is 13.3. The molecule has 1 saturated carbocycles. The van der Waals surface area contributed by atoms with Gasteiger partial charge in [0.1, 0.15) is 12.1 Å². The van der Waals surface area contributed by atoms with Crippen LogP contribution in [0.4, 0.5) is 4.79 Å². The van der Waals surface area contributed by atoms with Gasteiger partial charge in [-0.1, -0.05) is 19.3 Å². The number of nitrogens with zero attached hydrogens (tertiary/aromatic N) is 3. The van der Waals surface area contributed by atoms with E-state index in [1.54, 1.807) is 13.8 Å². The van der Waals surface area contributed by atoms with Crippen LogP contribution in [0.15, 0.2) is 0 Å². The van der Waals surface area contributed by atoms with Crippen LogP contribution in [0.3, 0.4) is 0 Å². The minimum atomic E-state index is -1.01. The van der Waals surface area contributed by atoms with Crippen molar-refractivity contribution in [2.24, 2.45) is 0 Å². The second-order valence-electron chi connectivity index (χ2n) is 6.25. The standard InChI is InChI=1S/C15H20N4O4/c1-10(2)19-13(22)12(21)18(14(19)23)8-11(20)17-15(9-16)6-4-3-5-7-15/h10H,3-8H2,1-2H3,(H,17,20). The summed E-state index contributed by atoms with van der Waals surface area (Å²) in [7, 11) is 0. The third-order valence-electron chi connectivity index (χ3n) is 4.20. The van der Waals surface area contributed by atoms with Gasteiger partial charge in [-0.3, -0.25) is 19.3 Å². The second-order valence-corrected chi connectivity index (χ2v) is 6.25. The summed E-state index contributed by atoms with van der Waals surface area (Å²) in [5, 5.41) is 12.0. The van der Waals surface area contributed by atoms with Crippen molar-refractivity contribution in [3.63, 3.8) is 0 Å². The van der Waals surface area contributed by atoms with E-state index < -0.39 is 41.9 Å². The number of nitrogens with one attached hydrogen (secondary N) is 1. The van der Waals surface area contributed by atoms with Crippen molar-refractivity contribution in [3.05, 3.63) is 0 Å². The predicted molar refractivity (Wildman–Crippen MR) is 78.7 cm³/mol. The lowest BCUT2D eigenvalue weighted by Gasteiger charge is -2.31. The summed E-state index contributed by atoms with van der Waals surface area (Å²) in [4.78, 5) is 49.4. The number of hydrogen-bond donors (Lipinski definition) is 1. The number of urea groups is 1. The normalized spacial score (nSPS) is 20.9. The van der Waals surface area contributed by atoms with Gasteiger partial charge >= 0.3 is 17.8 Å². The van der Waals surface area contributed by atoms with E-state index in [4.69, 9.17) is 0 Å². The van der Waals surface area contributed by atoms with Gasteiger partial charge in [0.2, 0.25) is 5.91 Å². The molecule has 0 aromatic carbocycles. The number of carbonyl (C=O) groups is 4. The van der Waals surface area contributed by atoms with E-state index >= 15 is 0 Å². The van der Waals surface area contributed by atoms with Gasteiger partial charge < -0.3 is 5.32 Å². The Morgan fingerprint density at radius 1 is 1.22 bits per heavy atom. The molecule has 5 amide bonds. The molecule has 1 saturated heterocycles. The largest absolute Gasteiger partial charge is 0.336 e. The van der Waals surface area contributed by atoms with Crippen molar-refractivity contribution in [1.82, 2.24) is 15.1 Å². The van der Waals surface area contributed by atoms with E-state index in [2.05, 4.69) is 11.4 Å². The molecule has 1 heterocycles. The highest BCUT2D eigenvalue weighted by atomic mass is 16.2. The number of carbonyl (C=O) groups excluding carboxylic acids is 4. The summed E-state index contributed by atoms with van der Waals surface area (Å²) in [6, 6.07) is 0.880. The van der Waals surface area contributed by atoms with Gasteiger partial charge in [-0.05, 0) is 26.7 Å². The molecule has 8 nitrogen and oxygen atoms in total. The Hall–Kier alpha value is -2.43. The molecule has 0 radical (unpaired) electrons. The van der Waals surface area contributed by atoms with Crippen molar-refractivity contribution in [3.8, 4) is 6.07 Å². The van der Waals surface area contributed by atoms with Crippen LogP contribution in [0.1, 0.15) is 46.0 Å². The van der Waals surface area contributed by atoms with E-state index in [0.717, 1.165) is 24.2 Å². The maximum atomic E-state index is 12.2. The molecular formula is C15H20N4O4. The van der Waals surface area contributed by atoms with Crippen LogP contribution < -0.4 is 5.32 Å². The Kier molecular flexibility index (Phi) is 4.68. The van der Waals surface area contributed by atoms with Gasteiger partial charge in [0.05, 0.1) is 6.07 Å². The van der Waals surface area contributed by atoms with E-state index in [0.29, 0.717) is 17.7 Å². The third kappa shape index (κ3) is 3.18. The zero-order valence-corrected chi connectivity index (χ0v) is 13.3. The molecule has 0 aromatic rings. The Labute approximate surface area is 134 Å². The second kappa shape index (κ2) is 6.36. The lowest BCUT2D eigenvalue weighted by molar-refractivity contribution is -0.144. The molecule has 1 aliphatic carbocycles. The van der Waals surface area contributed by atoms with Crippen molar-refractivity contribution < 1.29 is 19.2 Å². The quantitative estimate of drug-likeness (QED) is 0.600. The van der Waals surface area contributed by atoms with Gasteiger partial charge in [-0.15, -0.1) is 0 Å². The predicted octanol–water partition coefficient (Wildman–Crippen LogP) is 0.528. The minimum Gasteiger partial charge on any atom is -0.336 e. The average molecular weight is 320 g/mol. The fourth-order valence-corrected chi connectivity index (χ4v) is 2.99. The lowest BCUT2D eigenvalue weighted by atomic mass is 9.83. The number of imide groups is 2. The van der Waals surface area contributed by atoms with Gasteiger partial charge in [0.25, 0.3) is 0 Å². The number of rotatable bonds is 4. The summed E-state index contributed by atoms with van der Waals surface area (Å²) in [5.41, 5.74) is -0.942. The number of hydrogen-bond acceptors (Lipinski definition) is 5. The molecule has 0 aromatic heterocycles. The molecule has 23 heavy (non-hydrogen) atoms. The summed E-state index contributed by atoms with van der Waals surface area (Å²) in [5.74, 6) is -2.53. The Balaban J connectivity index is 2.05. The smallest absolute Gasteiger partial charge is 0.334 e. The SMILES string of the molecule is CC(C)N1C(=O)C(=O)N(CC(=O)NC2(C#N)CCCCC2)C1=O. The Bertz CT molecular complexity index is 587. The highest BCUT2D eigenvalue weighted by Gasteiger charge is 2.46. The summed E-state index contributed by atoms with van der Waals surface area (Å²) in [6.45, 7) is 2.68. The monoisotopic (exact) mass is 320 g/mol. The lowest BCUT2D eigenvalue weighted by Crippen LogP contribution is -2.52. The molecule has 1 aliphatic heterocycles. The first-order valence-electron chi connectivity index (χ1n) is 7.72. The van der Waals surface area contributed by atoms with Crippen molar-refractivity contribution in [2.45, 2.75) is 57.5 Å². The molecule has 2 fully saturated rings. The van der Waals surface area contributed by atoms with Crippen LogP contribution in [-0.2, 0) is 14.4 Å². The van der Waals surface area contributed by atoms with E-state index in [9.17, 15) is 24.4 Å². The fourth-order valence-electron chi connectivity index (χ4n) is 2.99. The van der Waals surface area contributed by atoms with Crippen LogP contribution in [0.2, 0.25) is 0 Å². The molecule has 1 N–H and O–H groups in total. The summed E-state index contributed by atoms with van der Waals surface area (Å²) < 4.78 is 0. The summed E-state index contributed by atoms with van der Waals surface area (Å²) >= 11 is 0. The third-order valence-corrected chi connectivity index (χ3v) is 4.20. The van der Waals surface area contributed by atoms with Crippen LogP contribution >= 0.6 is 0 Å². The maximum Gasteiger partial charge on any atom is 0.334 e. The van der Waals surface area contributed by atoms with Crippen molar-refractivity contribution in [1.29, 1.82) is 5.26 Å². The highest BCUT2D eigenvalue weighted by molar-refractivity contribution is 6.45. The molecule has 124 valence electrons. The van der Waals surface area contributed by atoms with E-state index in [1.165, 1.54) is 0 Å². The van der Waals surface area contributed by atoms with Crippen LogP contribution in [0, 0.1) is 11.3 Å². The first-order chi connectivity index (χ1) is 10.8. The highest BCUT2D eigenvalue weighted by Crippen LogP contribution is 2.27. The molecule has 0 atom stereocenters. The molecular weight excluding hydrogens is 300 g/mol. The molecule has 0 spiro atoms. The van der Waals surface area contributed by atoms with Crippen LogP contribution in [0.5, 0.6) is 0 Å². The first kappa shape index (κ1) is 16.9. The molecule has 2 rings (SSSR count). The van der Waals surface area contributed by atoms with Crippen molar-refractivity contribution in [2.75, 3.05) is 6.54 Å². The first-order valence-corrected chi connectivity index (χ1v) is 7.72.